The van der Waals surface area contributed by atoms with E-state index in [0.29, 0.717) is 6.10 Å². The van der Waals surface area contributed by atoms with Crippen LogP contribution in [-0.4, -0.2) is 23.8 Å². The third-order valence-electron chi connectivity index (χ3n) is 3.39. The number of hydrogen-bond donors (Lipinski definition) is 1. The first-order valence-electron chi connectivity index (χ1n) is 6.27. The summed E-state index contributed by atoms with van der Waals surface area (Å²) in [5.74, 6) is 0. The van der Waals surface area contributed by atoms with Crippen molar-refractivity contribution in [3.63, 3.8) is 0 Å². The van der Waals surface area contributed by atoms with Crippen LogP contribution in [0.2, 0.25) is 0 Å². The van der Waals surface area contributed by atoms with Gasteiger partial charge >= 0.3 is 0 Å². The molecule has 0 aromatic carbocycles. The molecule has 2 rings (SSSR count). The Labute approximate surface area is 97.8 Å². The van der Waals surface area contributed by atoms with Crippen LogP contribution in [-0.2, 0) is 24.8 Å². The maximum atomic E-state index is 5.58. The van der Waals surface area contributed by atoms with Crippen molar-refractivity contribution < 1.29 is 4.74 Å². The highest BCUT2D eigenvalue weighted by Gasteiger charge is 2.14. The minimum atomic E-state index is 0.436. The average Bonchev–Trinajstić information content (AvgIpc) is 2.90. The molecule has 2 heterocycles. The van der Waals surface area contributed by atoms with Crippen molar-refractivity contribution in [1.82, 2.24) is 9.88 Å². The molecule has 0 spiro atoms. The van der Waals surface area contributed by atoms with Crippen molar-refractivity contribution in [3.8, 4) is 0 Å². The molecule has 1 fully saturated rings. The number of aryl methyl sites for hydroxylation is 1. The Morgan fingerprint density at radius 2 is 2.25 bits per heavy atom. The molecular weight excluding hydrogens is 200 g/mol. The topological polar surface area (TPSA) is 26.2 Å². The lowest BCUT2D eigenvalue weighted by Gasteiger charge is -2.11. The fourth-order valence-electron chi connectivity index (χ4n) is 2.30. The Balaban J connectivity index is 1.78. The van der Waals surface area contributed by atoms with Gasteiger partial charge in [-0.2, -0.15) is 0 Å². The molecule has 1 aliphatic rings. The van der Waals surface area contributed by atoms with E-state index < -0.39 is 0 Å². The van der Waals surface area contributed by atoms with Gasteiger partial charge in [-0.1, -0.05) is 6.92 Å². The molecule has 1 N–H and O–H groups in total. The normalized spacial score (nSPS) is 20.5. The summed E-state index contributed by atoms with van der Waals surface area (Å²) in [6, 6.07) is 4.42. The van der Waals surface area contributed by atoms with Crippen LogP contribution in [0, 0.1) is 0 Å². The zero-order chi connectivity index (χ0) is 11.4. The van der Waals surface area contributed by atoms with Crippen molar-refractivity contribution in [3.05, 3.63) is 23.5 Å². The Bertz CT molecular complexity index is 327. The van der Waals surface area contributed by atoms with Gasteiger partial charge in [0.25, 0.3) is 0 Å². The summed E-state index contributed by atoms with van der Waals surface area (Å²) in [6.45, 7) is 5.05. The highest BCUT2D eigenvalue weighted by molar-refractivity contribution is 5.15. The van der Waals surface area contributed by atoms with Gasteiger partial charge in [0.05, 0.1) is 6.10 Å². The first-order valence-corrected chi connectivity index (χ1v) is 6.27. The predicted molar refractivity (Wildman–Crippen MR) is 65.5 cm³/mol. The van der Waals surface area contributed by atoms with Crippen LogP contribution < -0.4 is 5.32 Å². The maximum Gasteiger partial charge on any atom is 0.0700 e. The van der Waals surface area contributed by atoms with Gasteiger partial charge in [0.2, 0.25) is 0 Å². The van der Waals surface area contributed by atoms with E-state index in [2.05, 4.69) is 36.0 Å². The van der Waals surface area contributed by atoms with Gasteiger partial charge in [-0.25, -0.2) is 0 Å². The van der Waals surface area contributed by atoms with Crippen LogP contribution in [0.4, 0.5) is 0 Å². The molecule has 0 unspecified atom stereocenters. The molecule has 3 heteroatoms. The Hall–Kier alpha value is -0.800. The van der Waals surface area contributed by atoms with E-state index in [1.165, 1.54) is 24.2 Å². The predicted octanol–water partition coefficient (Wildman–Crippen LogP) is 1.86. The molecule has 0 amide bonds. The summed E-state index contributed by atoms with van der Waals surface area (Å²) in [7, 11) is 2.14. The molecule has 1 aliphatic heterocycles. The number of nitrogens with zero attached hydrogens (tertiary/aromatic N) is 1. The molecule has 1 atom stereocenters. The molecule has 0 aliphatic carbocycles. The maximum absolute atomic E-state index is 5.58. The zero-order valence-electron chi connectivity index (χ0n) is 10.3. The smallest absolute Gasteiger partial charge is 0.0700 e. The van der Waals surface area contributed by atoms with Crippen LogP contribution >= 0.6 is 0 Å². The van der Waals surface area contributed by atoms with Crippen LogP contribution in [0.15, 0.2) is 12.1 Å². The van der Waals surface area contributed by atoms with Crippen LogP contribution in [0.5, 0.6) is 0 Å². The Morgan fingerprint density at radius 3 is 2.88 bits per heavy atom. The van der Waals surface area contributed by atoms with Gasteiger partial charge in [-0.05, 0) is 31.4 Å². The summed E-state index contributed by atoms with van der Waals surface area (Å²) in [4.78, 5) is 0. The quantitative estimate of drug-likeness (QED) is 0.823. The molecule has 3 nitrogen and oxygen atoms in total. The molecule has 0 bridgehead atoms. The minimum absolute atomic E-state index is 0.436. The van der Waals surface area contributed by atoms with Gasteiger partial charge < -0.3 is 14.6 Å². The second-order valence-electron chi connectivity index (χ2n) is 4.49. The molecule has 1 aromatic heterocycles. The van der Waals surface area contributed by atoms with E-state index >= 15 is 0 Å². The third-order valence-corrected chi connectivity index (χ3v) is 3.39. The van der Waals surface area contributed by atoms with E-state index in [4.69, 9.17) is 4.74 Å². The van der Waals surface area contributed by atoms with E-state index in [0.717, 1.165) is 26.1 Å². The fraction of sp³-hybridized carbons (Fsp3) is 0.692. The molecule has 1 aromatic rings. The molecule has 1 saturated heterocycles. The van der Waals surface area contributed by atoms with Crippen LogP contribution in [0.1, 0.15) is 31.2 Å². The standard InChI is InChI=1S/C13H22N2O/c1-3-11-6-7-12(15(11)2)9-14-10-13-5-4-8-16-13/h6-7,13-14H,3-5,8-10H2,1-2H3/t13-/m0/s1. The lowest BCUT2D eigenvalue weighted by atomic mass is 10.2. The summed E-state index contributed by atoms with van der Waals surface area (Å²) in [5.41, 5.74) is 2.75. The summed E-state index contributed by atoms with van der Waals surface area (Å²) < 4.78 is 7.86. The van der Waals surface area contributed by atoms with E-state index in [1.54, 1.807) is 0 Å². The number of nitrogens with one attached hydrogen (secondary N) is 1. The second kappa shape index (κ2) is 5.51. The third kappa shape index (κ3) is 2.66. The fourth-order valence-corrected chi connectivity index (χ4v) is 2.30. The van der Waals surface area contributed by atoms with Gasteiger partial charge in [0, 0.05) is 38.1 Å². The second-order valence-corrected chi connectivity index (χ2v) is 4.49. The highest BCUT2D eigenvalue weighted by Crippen LogP contribution is 2.11. The summed E-state index contributed by atoms with van der Waals surface area (Å²) in [5, 5.41) is 3.48. The van der Waals surface area contributed by atoms with Crippen molar-refractivity contribution in [2.75, 3.05) is 13.2 Å². The lowest BCUT2D eigenvalue weighted by molar-refractivity contribution is 0.110. The number of ether oxygens (including phenoxy) is 1. The van der Waals surface area contributed by atoms with Gasteiger partial charge in [0.1, 0.15) is 0 Å². The first-order chi connectivity index (χ1) is 7.81. The highest BCUT2D eigenvalue weighted by atomic mass is 16.5. The van der Waals surface area contributed by atoms with Crippen molar-refractivity contribution in [2.24, 2.45) is 7.05 Å². The average molecular weight is 222 g/mol. The monoisotopic (exact) mass is 222 g/mol. The van der Waals surface area contributed by atoms with E-state index in [9.17, 15) is 0 Å². The molecule has 16 heavy (non-hydrogen) atoms. The van der Waals surface area contributed by atoms with Gasteiger partial charge in [-0.15, -0.1) is 0 Å². The Morgan fingerprint density at radius 1 is 1.44 bits per heavy atom. The Kier molecular flexibility index (Phi) is 4.02. The van der Waals surface area contributed by atoms with Crippen molar-refractivity contribution in [2.45, 2.75) is 38.8 Å². The van der Waals surface area contributed by atoms with Crippen molar-refractivity contribution >= 4 is 0 Å². The van der Waals surface area contributed by atoms with Crippen molar-refractivity contribution in [1.29, 1.82) is 0 Å². The number of rotatable bonds is 5. The van der Waals surface area contributed by atoms with Crippen LogP contribution in [0.3, 0.4) is 0 Å². The first kappa shape index (κ1) is 11.7. The molecule has 0 radical (unpaired) electrons. The molecule has 90 valence electrons. The van der Waals surface area contributed by atoms with Gasteiger partial charge in [-0.3, -0.25) is 0 Å². The number of hydrogen-bond acceptors (Lipinski definition) is 2. The lowest BCUT2D eigenvalue weighted by Crippen LogP contribution is -2.26. The number of aromatic nitrogens is 1. The minimum Gasteiger partial charge on any atom is -0.377 e. The van der Waals surface area contributed by atoms with E-state index in [1.807, 2.05) is 0 Å². The SMILES string of the molecule is CCc1ccc(CNC[C@@H]2CCCO2)n1C. The molecule has 0 saturated carbocycles. The van der Waals surface area contributed by atoms with Crippen LogP contribution in [0.25, 0.3) is 0 Å². The largest absolute Gasteiger partial charge is 0.377 e. The summed E-state index contributed by atoms with van der Waals surface area (Å²) >= 11 is 0. The summed E-state index contributed by atoms with van der Waals surface area (Å²) in [6.07, 6.45) is 3.96. The molecular formula is C13H22N2O. The zero-order valence-corrected chi connectivity index (χ0v) is 10.3. The van der Waals surface area contributed by atoms with E-state index in [-0.39, 0.29) is 0 Å². The van der Waals surface area contributed by atoms with Gasteiger partial charge in [0.15, 0.2) is 0 Å².